The molecule has 0 amide bonds. The summed E-state index contributed by atoms with van der Waals surface area (Å²) in [4.78, 5) is 0. The summed E-state index contributed by atoms with van der Waals surface area (Å²) in [5.74, 6) is -0.343. The van der Waals surface area contributed by atoms with Crippen molar-refractivity contribution in [1.82, 2.24) is 0 Å². The molecular weight excluding hydrogens is 177 g/mol. The summed E-state index contributed by atoms with van der Waals surface area (Å²) in [6.07, 6.45) is 1.58. The molecule has 0 fully saturated rings. The van der Waals surface area contributed by atoms with Crippen LogP contribution in [0.3, 0.4) is 0 Å². The average molecular weight is 186 g/mol. The smallest absolute Gasteiger partial charge is 0.142 e. The Morgan fingerprint density at radius 1 is 1.33 bits per heavy atom. The highest BCUT2D eigenvalue weighted by Crippen LogP contribution is 2.26. The molecule has 3 heteroatoms. The predicted octanol–water partition coefficient (Wildman–Crippen LogP) is 1.91. The summed E-state index contributed by atoms with van der Waals surface area (Å²) in [5.41, 5.74) is 7.82. The largest absolute Gasteiger partial charge is 0.327 e. The molecule has 0 bridgehead atoms. The summed E-state index contributed by atoms with van der Waals surface area (Å²) in [5, 5.41) is 0.197. The van der Waals surface area contributed by atoms with Gasteiger partial charge < -0.3 is 5.73 Å². The van der Waals surface area contributed by atoms with Crippen LogP contribution in [0.15, 0.2) is 12.1 Å². The van der Waals surface area contributed by atoms with Gasteiger partial charge in [0.05, 0.1) is 5.02 Å². The van der Waals surface area contributed by atoms with Crippen molar-refractivity contribution < 1.29 is 4.39 Å². The summed E-state index contributed by atoms with van der Waals surface area (Å²) in [6.45, 7) is 0. The van der Waals surface area contributed by atoms with Gasteiger partial charge >= 0.3 is 0 Å². The molecule has 1 aromatic carbocycles. The van der Waals surface area contributed by atoms with Crippen LogP contribution in [-0.4, -0.2) is 6.04 Å². The number of halogens is 2. The number of nitrogens with two attached hydrogens (primary N) is 1. The summed E-state index contributed by atoms with van der Waals surface area (Å²) < 4.78 is 12.9. The minimum atomic E-state index is -0.343. The molecule has 0 aromatic heterocycles. The van der Waals surface area contributed by atoms with Gasteiger partial charge in [-0.3, -0.25) is 0 Å². The van der Waals surface area contributed by atoms with Gasteiger partial charge in [0.2, 0.25) is 0 Å². The fourth-order valence-electron chi connectivity index (χ4n) is 1.65. The highest BCUT2D eigenvalue weighted by Gasteiger charge is 2.19. The second-order valence-electron chi connectivity index (χ2n) is 3.20. The minimum Gasteiger partial charge on any atom is -0.327 e. The number of hydrogen-bond donors (Lipinski definition) is 1. The van der Waals surface area contributed by atoms with Crippen molar-refractivity contribution in [3.8, 4) is 0 Å². The van der Waals surface area contributed by atoms with E-state index in [0.717, 1.165) is 24.0 Å². The van der Waals surface area contributed by atoms with E-state index in [1.807, 2.05) is 0 Å². The zero-order chi connectivity index (χ0) is 8.72. The van der Waals surface area contributed by atoms with E-state index in [0.29, 0.717) is 0 Å². The first kappa shape index (κ1) is 8.02. The Balaban J connectivity index is 2.48. The van der Waals surface area contributed by atoms with Crippen LogP contribution in [0.2, 0.25) is 5.02 Å². The first-order chi connectivity index (χ1) is 5.66. The Labute approximate surface area is 75.3 Å². The number of rotatable bonds is 0. The Bertz CT molecular complexity index is 294. The molecule has 0 saturated heterocycles. The highest BCUT2D eigenvalue weighted by molar-refractivity contribution is 6.30. The molecule has 1 nitrogen and oxygen atoms in total. The molecular formula is C9H9ClFN. The quantitative estimate of drug-likeness (QED) is 0.657. The maximum atomic E-state index is 12.9. The third kappa shape index (κ3) is 1.21. The number of benzene rings is 1. The molecule has 0 spiro atoms. The van der Waals surface area contributed by atoms with Crippen molar-refractivity contribution in [2.24, 2.45) is 5.73 Å². The van der Waals surface area contributed by atoms with Gasteiger partial charge in [0.25, 0.3) is 0 Å². The first-order valence-corrected chi connectivity index (χ1v) is 4.27. The zero-order valence-corrected chi connectivity index (χ0v) is 7.24. The first-order valence-electron chi connectivity index (χ1n) is 3.89. The normalized spacial score (nSPS) is 21.1. The Kier molecular flexibility index (Phi) is 1.81. The van der Waals surface area contributed by atoms with E-state index in [-0.39, 0.29) is 16.9 Å². The van der Waals surface area contributed by atoms with Gasteiger partial charge in [0.1, 0.15) is 5.82 Å². The second-order valence-corrected chi connectivity index (χ2v) is 3.61. The Morgan fingerprint density at radius 3 is 2.58 bits per heavy atom. The van der Waals surface area contributed by atoms with Gasteiger partial charge in [-0.2, -0.15) is 0 Å². The molecule has 12 heavy (non-hydrogen) atoms. The van der Waals surface area contributed by atoms with Gasteiger partial charge in [0.15, 0.2) is 0 Å². The van der Waals surface area contributed by atoms with Crippen LogP contribution >= 0.6 is 11.6 Å². The molecule has 1 atom stereocenters. The molecule has 2 rings (SSSR count). The zero-order valence-electron chi connectivity index (χ0n) is 6.48. The van der Waals surface area contributed by atoms with E-state index in [9.17, 15) is 4.39 Å². The van der Waals surface area contributed by atoms with E-state index in [2.05, 4.69) is 0 Å². The van der Waals surface area contributed by atoms with Crippen molar-refractivity contribution in [3.63, 3.8) is 0 Å². The van der Waals surface area contributed by atoms with Crippen molar-refractivity contribution in [3.05, 3.63) is 34.1 Å². The molecule has 0 heterocycles. The lowest BCUT2D eigenvalue weighted by Crippen LogP contribution is -2.18. The van der Waals surface area contributed by atoms with E-state index in [1.165, 1.54) is 6.07 Å². The lowest BCUT2D eigenvalue weighted by Gasteiger charge is -1.99. The molecule has 0 aliphatic heterocycles. The van der Waals surface area contributed by atoms with E-state index in [4.69, 9.17) is 17.3 Å². The lowest BCUT2D eigenvalue weighted by molar-refractivity contribution is 0.626. The minimum absolute atomic E-state index is 0.137. The van der Waals surface area contributed by atoms with Crippen LogP contribution in [0.1, 0.15) is 11.1 Å². The van der Waals surface area contributed by atoms with Crippen LogP contribution in [0.5, 0.6) is 0 Å². The summed E-state index contributed by atoms with van der Waals surface area (Å²) in [6, 6.07) is 3.31. The standard InChI is InChI=1S/C9H9ClFN/c10-8-3-5-1-7(12)2-6(5)4-9(8)11/h3-4,7H,1-2,12H2/t7-/m1/s1. The monoisotopic (exact) mass is 185 g/mol. The van der Waals surface area contributed by atoms with Gasteiger partial charge in [0, 0.05) is 6.04 Å². The van der Waals surface area contributed by atoms with Gasteiger partial charge in [-0.1, -0.05) is 11.6 Å². The maximum absolute atomic E-state index is 12.9. The molecule has 64 valence electrons. The average Bonchev–Trinajstić information content (AvgIpc) is 2.30. The summed E-state index contributed by atoms with van der Waals surface area (Å²) >= 11 is 5.62. The second kappa shape index (κ2) is 2.71. The van der Waals surface area contributed by atoms with E-state index < -0.39 is 0 Å². The maximum Gasteiger partial charge on any atom is 0.142 e. The van der Waals surface area contributed by atoms with Crippen molar-refractivity contribution in [1.29, 1.82) is 0 Å². The lowest BCUT2D eigenvalue weighted by atomic mass is 10.1. The fraction of sp³-hybridized carbons (Fsp3) is 0.333. The molecule has 1 aliphatic carbocycles. The van der Waals surface area contributed by atoms with Crippen molar-refractivity contribution in [2.75, 3.05) is 0 Å². The van der Waals surface area contributed by atoms with Crippen molar-refractivity contribution in [2.45, 2.75) is 18.9 Å². The Morgan fingerprint density at radius 2 is 1.92 bits per heavy atom. The van der Waals surface area contributed by atoms with Crippen LogP contribution in [0, 0.1) is 5.82 Å². The van der Waals surface area contributed by atoms with Gasteiger partial charge in [-0.05, 0) is 36.1 Å². The summed E-state index contributed by atoms with van der Waals surface area (Å²) in [7, 11) is 0. The molecule has 2 N–H and O–H groups in total. The van der Waals surface area contributed by atoms with E-state index in [1.54, 1.807) is 6.07 Å². The fourth-order valence-corrected chi connectivity index (χ4v) is 1.83. The third-order valence-corrected chi connectivity index (χ3v) is 2.50. The topological polar surface area (TPSA) is 26.0 Å². The number of fused-ring (bicyclic) bond motifs is 1. The van der Waals surface area contributed by atoms with Gasteiger partial charge in [-0.15, -0.1) is 0 Å². The van der Waals surface area contributed by atoms with Crippen LogP contribution in [0.25, 0.3) is 0 Å². The molecule has 1 aliphatic rings. The highest BCUT2D eigenvalue weighted by atomic mass is 35.5. The predicted molar refractivity (Wildman–Crippen MR) is 46.8 cm³/mol. The molecule has 1 aromatic rings. The Hall–Kier alpha value is -0.600. The SMILES string of the molecule is N[C@H]1Cc2cc(F)c(Cl)cc2C1. The molecule has 0 unspecified atom stereocenters. The van der Waals surface area contributed by atoms with Gasteiger partial charge in [-0.25, -0.2) is 4.39 Å². The van der Waals surface area contributed by atoms with Crippen LogP contribution < -0.4 is 5.73 Å². The molecule has 0 radical (unpaired) electrons. The number of hydrogen-bond acceptors (Lipinski definition) is 1. The van der Waals surface area contributed by atoms with Crippen LogP contribution in [-0.2, 0) is 12.8 Å². The van der Waals surface area contributed by atoms with Crippen LogP contribution in [0.4, 0.5) is 4.39 Å². The molecule has 0 saturated carbocycles. The third-order valence-electron chi connectivity index (χ3n) is 2.21. The van der Waals surface area contributed by atoms with E-state index >= 15 is 0 Å². The van der Waals surface area contributed by atoms with Crippen molar-refractivity contribution >= 4 is 11.6 Å².